The molecule has 10 rings (SSSR count). The van der Waals surface area contributed by atoms with E-state index < -0.39 is 0 Å². The molecule has 3 heteroatoms. The number of hydrogen-bond donors (Lipinski definition) is 0. The average molecular weight is 628 g/mol. The molecule has 0 amide bonds. The van der Waals surface area contributed by atoms with Crippen LogP contribution in [0.15, 0.2) is 185 Å². The van der Waals surface area contributed by atoms with Crippen molar-refractivity contribution in [1.29, 1.82) is 0 Å². The molecule has 0 fully saturated rings. The molecule has 230 valence electrons. The van der Waals surface area contributed by atoms with Gasteiger partial charge in [-0.05, 0) is 65.2 Å². The van der Waals surface area contributed by atoms with Gasteiger partial charge in [-0.1, -0.05) is 127 Å². The first-order chi connectivity index (χ1) is 24.3. The minimum atomic E-state index is 0.882. The first-order valence-corrected chi connectivity index (χ1v) is 16.6. The Balaban J connectivity index is 1.17. The van der Waals surface area contributed by atoms with Crippen molar-refractivity contribution in [2.75, 3.05) is 4.90 Å². The van der Waals surface area contributed by atoms with Crippen LogP contribution in [0.2, 0.25) is 0 Å². The summed E-state index contributed by atoms with van der Waals surface area (Å²) in [4.78, 5) is 2.35. The second-order valence-electron chi connectivity index (χ2n) is 12.5. The van der Waals surface area contributed by atoms with E-state index >= 15 is 0 Å². The monoisotopic (exact) mass is 627 g/mol. The van der Waals surface area contributed by atoms with Gasteiger partial charge in [0, 0.05) is 49.3 Å². The zero-order chi connectivity index (χ0) is 32.3. The molecule has 0 spiro atoms. The maximum Gasteiger partial charge on any atom is 0.143 e. The van der Waals surface area contributed by atoms with E-state index in [1.165, 1.54) is 11.1 Å². The molecule has 10 aromatic rings. The van der Waals surface area contributed by atoms with E-state index in [1.54, 1.807) is 0 Å². The molecular formula is C46H29NO2. The van der Waals surface area contributed by atoms with Crippen molar-refractivity contribution < 1.29 is 8.83 Å². The standard InChI is InChI=1S/C46H29NO2/c1-3-12-30(13-4-1)32-24-27-44-40(28-32)41-29-42(36-16-7-8-18-38(36)46(41)49-44)47(33-14-5-2-6-15-33)34-25-22-31(23-26-34)35-19-11-20-39-37-17-9-10-21-43(37)48-45(35)39/h1-29H. The zero-order valence-corrected chi connectivity index (χ0v) is 26.5. The minimum Gasteiger partial charge on any atom is -0.455 e. The Hall–Kier alpha value is -6.58. The lowest BCUT2D eigenvalue weighted by Crippen LogP contribution is -2.10. The van der Waals surface area contributed by atoms with E-state index in [0.29, 0.717) is 0 Å². The Morgan fingerprint density at radius 2 is 0.918 bits per heavy atom. The topological polar surface area (TPSA) is 29.5 Å². The van der Waals surface area contributed by atoms with Crippen LogP contribution in [0.3, 0.4) is 0 Å². The van der Waals surface area contributed by atoms with Crippen LogP contribution in [-0.2, 0) is 0 Å². The van der Waals surface area contributed by atoms with Gasteiger partial charge in [-0.25, -0.2) is 0 Å². The summed E-state index contributed by atoms with van der Waals surface area (Å²) in [6, 6.07) is 61.9. The fourth-order valence-corrected chi connectivity index (χ4v) is 7.34. The summed E-state index contributed by atoms with van der Waals surface area (Å²) in [5.74, 6) is 0. The van der Waals surface area contributed by atoms with Crippen LogP contribution in [0.5, 0.6) is 0 Å². The van der Waals surface area contributed by atoms with E-state index in [0.717, 1.165) is 82.8 Å². The molecule has 0 saturated carbocycles. The Bertz CT molecular complexity index is 2810. The van der Waals surface area contributed by atoms with Crippen molar-refractivity contribution in [3.05, 3.63) is 176 Å². The molecule has 0 N–H and O–H groups in total. The van der Waals surface area contributed by atoms with Crippen molar-refractivity contribution in [2.24, 2.45) is 0 Å². The van der Waals surface area contributed by atoms with E-state index in [1.807, 2.05) is 12.1 Å². The summed E-state index contributed by atoms with van der Waals surface area (Å²) in [6.45, 7) is 0. The molecule has 8 aromatic carbocycles. The lowest BCUT2D eigenvalue weighted by Gasteiger charge is -2.27. The van der Waals surface area contributed by atoms with Crippen molar-refractivity contribution in [3.63, 3.8) is 0 Å². The molecule has 0 aliphatic heterocycles. The van der Waals surface area contributed by atoms with E-state index in [-0.39, 0.29) is 0 Å². The van der Waals surface area contributed by atoms with Gasteiger partial charge in [0.25, 0.3) is 0 Å². The molecule has 3 nitrogen and oxygen atoms in total. The predicted octanol–water partition coefficient (Wildman–Crippen LogP) is 13.4. The molecule has 2 heterocycles. The summed E-state index contributed by atoms with van der Waals surface area (Å²) in [7, 11) is 0. The number of nitrogens with zero attached hydrogens (tertiary/aromatic N) is 1. The van der Waals surface area contributed by atoms with Crippen LogP contribution in [0, 0.1) is 0 Å². The number of benzene rings is 8. The van der Waals surface area contributed by atoms with Gasteiger partial charge in [-0.3, -0.25) is 0 Å². The summed E-state index contributed by atoms with van der Waals surface area (Å²) >= 11 is 0. The van der Waals surface area contributed by atoms with Gasteiger partial charge in [0.05, 0.1) is 5.69 Å². The zero-order valence-electron chi connectivity index (χ0n) is 26.5. The van der Waals surface area contributed by atoms with Gasteiger partial charge in [0.15, 0.2) is 0 Å². The summed E-state index contributed by atoms with van der Waals surface area (Å²) < 4.78 is 13.0. The Labute approximate surface area is 282 Å². The third-order valence-corrected chi connectivity index (χ3v) is 9.66. The average Bonchev–Trinajstić information content (AvgIpc) is 3.74. The molecule has 49 heavy (non-hydrogen) atoms. The highest BCUT2D eigenvalue weighted by molar-refractivity contribution is 6.20. The van der Waals surface area contributed by atoms with Crippen LogP contribution in [-0.4, -0.2) is 0 Å². The molecule has 0 bridgehead atoms. The first kappa shape index (κ1) is 27.5. The van der Waals surface area contributed by atoms with Crippen LogP contribution >= 0.6 is 0 Å². The third kappa shape index (κ3) is 4.44. The van der Waals surface area contributed by atoms with Crippen LogP contribution < -0.4 is 4.90 Å². The smallest absolute Gasteiger partial charge is 0.143 e. The lowest BCUT2D eigenvalue weighted by atomic mass is 9.99. The van der Waals surface area contributed by atoms with E-state index in [9.17, 15) is 0 Å². The molecule has 0 aliphatic carbocycles. The molecular weight excluding hydrogens is 599 g/mol. The summed E-state index contributed by atoms with van der Waals surface area (Å²) in [5.41, 5.74) is 11.4. The second-order valence-corrected chi connectivity index (χ2v) is 12.5. The quantitative estimate of drug-likeness (QED) is 0.190. The summed E-state index contributed by atoms with van der Waals surface area (Å²) in [5, 5.41) is 6.67. The highest BCUT2D eigenvalue weighted by Gasteiger charge is 2.21. The van der Waals surface area contributed by atoms with E-state index in [2.05, 4.69) is 169 Å². The number of furan rings is 2. The molecule has 0 atom stereocenters. The fourth-order valence-electron chi connectivity index (χ4n) is 7.34. The second kappa shape index (κ2) is 11.0. The maximum absolute atomic E-state index is 6.60. The molecule has 0 radical (unpaired) electrons. The van der Waals surface area contributed by atoms with Gasteiger partial charge >= 0.3 is 0 Å². The predicted molar refractivity (Wildman–Crippen MR) is 204 cm³/mol. The number of rotatable bonds is 5. The maximum atomic E-state index is 6.60. The van der Waals surface area contributed by atoms with Gasteiger partial charge in [-0.2, -0.15) is 0 Å². The highest BCUT2D eigenvalue weighted by Crippen LogP contribution is 2.45. The molecule has 2 aromatic heterocycles. The van der Waals surface area contributed by atoms with Crippen LogP contribution in [0.4, 0.5) is 17.1 Å². The number of hydrogen-bond acceptors (Lipinski definition) is 3. The number of para-hydroxylation sites is 3. The summed E-state index contributed by atoms with van der Waals surface area (Å²) in [6.07, 6.45) is 0. The normalized spacial score (nSPS) is 11.7. The van der Waals surface area contributed by atoms with Crippen molar-refractivity contribution in [2.45, 2.75) is 0 Å². The molecule has 0 aliphatic rings. The fraction of sp³-hybridized carbons (Fsp3) is 0. The van der Waals surface area contributed by atoms with Crippen LogP contribution in [0.25, 0.3) is 76.9 Å². The van der Waals surface area contributed by atoms with Gasteiger partial charge in [0.2, 0.25) is 0 Å². The first-order valence-electron chi connectivity index (χ1n) is 16.6. The Morgan fingerprint density at radius 3 is 1.73 bits per heavy atom. The third-order valence-electron chi connectivity index (χ3n) is 9.66. The van der Waals surface area contributed by atoms with Crippen molar-refractivity contribution >= 4 is 71.7 Å². The molecule has 0 saturated heterocycles. The van der Waals surface area contributed by atoms with Crippen LogP contribution in [0.1, 0.15) is 0 Å². The SMILES string of the molecule is c1ccc(-c2ccc3oc4c5ccccc5c(N(c5ccccc5)c5ccc(-c6cccc7c6oc6ccccc67)cc5)cc4c3c2)cc1. The Morgan fingerprint density at radius 1 is 0.327 bits per heavy atom. The van der Waals surface area contributed by atoms with Gasteiger partial charge < -0.3 is 13.7 Å². The molecule has 0 unspecified atom stereocenters. The Kier molecular flexibility index (Phi) is 6.18. The minimum absolute atomic E-state index is 0.882. The van der Waals surface area contributed by atoms with Gasteiger partial charge in [0.1, 0.15) is 22.3 Å². The number of anilines is 3. The number of fused-ring (bicyclic) bond motifs is 8. The largest absolute Gasteiger partial charge is 0.455 e. The van der Waals surface area contributed by atoms with Crippen molar-refractivity contribution in [3.8, 4) is 22.3 Å². The van der Waals surface area contributed by atoms with Gasteiger partial charge in [-0.15, -0.1) is 0 Å². The van der Waals surface area contributed by atoms with E-state index in [4.69, 9.17) is 8.83 Å². The highest BCUT2D eigenvalue weighted by atomic mass is 16.3. The lowest BCUT2D eigenvalue weighted by molar-refractivity contribution is 0.670. The van der Waals surface area contributed by atoms with Crippen molar-refractivity contribution in [1.82, 2.24) is 0 Å².